The molecule has 0 atom stereocenters. The molecule has 1 saturated carbocycles. The Morgan fingerprint density at radius 2 is 1.77 bits per heavy atom. The van der Waals surface area contributed by atoms with Gasteiger partial charge in [-0.1, -0.05) is 32.3 Å². The van der Waals surface area contributed by atoms with Gasteiger partial charge in [0.25, 0.3) is 0 Å². The number of morpholine rings is 1. The number of ether oxygens (including phenoxy) is 2. The smallest absolute Gasteiger partial charge is 0.246 e. The topological polar surface area (TPSA) is 38.8 Å². The van der Waals surface area contributed by atoms with Gasteiger partial charge in [-0.2, -0.15) is 0 Å². The highest BCUT2D eigenvalue weighted by atomic mass is 16.5. The van der Waals surface area contributed by atoms with Crippen molar-refractivity contribution in [2.75, 3.05) is 32.9 Å². The molecule has 0 aromatic heterocycles. The van der Waals surface area contributed by atoms with Crippen molar-refractivity contribution in [3.63, 3.8) is 0 Å². The minimum Gasteiger partial charge on any atom is -0.381 e. The number of rotatable bonds is 2. The van der Waals surface area contributed by atoms with Gasteiger partial charge >= 0.3 is 0 Å². The van der Waals surface area contributed by atoms with Gasteiger partial charge in [-0.3, -0.25) is 4.79 Å². The molecule has 4 nitrogen and oxygen atoms in total. The van der Waals surface area contributed by atoms with E-state index in [1.807, 2.05) is 4.90 Å². The zero-order valence-corrected chi connectivity index (χ0v) is 13.8. The molecule has 0 aromatic carbocycles. The van der Waals surface area contributed by atoms with Gasteiger partial charge in [-0.05, 0) is 37.2 Å². The van der Waals surface area contributed by atoms with E-state index in [2.05, 4.69) is 13.0 Å². The van der Waals surface area contributed by atoms with Crippen LogP contribution >= 0.6 is 0 Å². The Labute approximate surface area is 133 Å². The Kier molecular flexibility index (Phi) is 4.88. The molecule has 1 spiro atoms. The number of hydrogen-bond donors (Lipinski definition) is 0. The van der Waals surface area contributed by atoms with Crippen LogP contribution in [-0.2, 0) is 14.3 Å². The Morgan fingerprint density at radius 3 is 2.50 bits per heavy atom. The molecule has 1 aliphatic carbocycles. The number of allylic oxidation sites excluding steroid dienone is 1. The van der Waals surface area contributed by atoms with Gasteiger partial charge in [0.15, 0.2) is 0 Å². The molecule has 3 fully saturated rings. The molecule has 3 aliphatic rings. The third-order valence-corrected chi connectivity index (χ3v) is 5.59. The fourth-order valence-corrected chi connectivity index (χ4v) is 3.91. The summed E-state index contributed by atoms with van der Waals surface area (Å²) in [5, 5.41) is 0. The second-order valence-corrected chi connectivity index (χ2v) is 7.45. The molecule has 2 aliphatic heterocycles. The summed E-state index contributed by atoms with van der Waals surface area (Å²) in [6.45, 7) is 6.01. The summed E-state index contributed by atoms with van der Waals surface area (Å²) in [6, 6.07) is 0. The van der Waals surface area contributed by atoms with Crippen LogP contribution < -0.4 is 0 Å². The third-order valence-electron chi connectivity index (χ3n) is 5.59. The molecular formula is C18H29NO3. The molecule has 0 bridgehead atoms. The molecule has 2 saturated heterocycles. The fraction of sp³-hybridized carbons (Fsp3) is 0.833. The van der Waals surface area contributed by atoms with Crippen molar-refractivity contribution >= 4 is 5.91 Å². The number of carbonyl (C=O) groups is 1. The largest absolute Gasteiger partial charge is 0.381 e. The summed E-state index contributed by atoms with van der Waals surface area (Å²) in [5.41, 5.74) is 0.0608. The first-order chi connectivity index (χ1) is 10.6. The molecule has 124 valence electrons. The summed E-state index contributed by atoms with van der Waals surface area (Å²) in [5.74, 6) is 0.154. The van der Waals surface area contributed by atoms with Crippen molar-refractivity contribution in [1.29, 1.82) is 0 Å². The van der Waals surface area contributed by atoms with Gasteiger partial charge in [-0.15, -0.1) is 0 Å². The molecule has 0 radical (unpaired) electrons. The summed E-state index contributed by atoms with van der Waals surface area (Å²) in [7, 11) is 0. The quantitative estimate of drug-likeness (QED) is 0.736. The average molecular weight is 307 g/mol. The molecule has 4 heteroatoms. The minimum atomic E-state index is -0.0530. The van der Waals surface area contributed by atoms with Crippen molar-refractivity contribution < 1.29 is 14.3 Å². The summed E-state index contributed by atoms with van der Waals surface area (Å²) in [6.07, 6.45) is 11.9. The van der Waals surface area contributed by atoms with Crippen LogP contribution in [-0.4, -0.2) is 49.3 Å². The van der Waals surface area contributed by atoms with Gasteiger partial charge in [0, 0.05) is 19.8 Å². The maximum absolute atomic E-state index is 12.6. The van der Waals surface area contributed by atoms with Crippen LogP contribution in [0.25, 0.3) is 0 Å². The van der Waals surface area contributed by atoms with Gasteiger partial charge < -0.3 is 14.4 Å². The maximum atomic E-state index is 12.6. The van der Waals surface area contributed by atoms with Crippen LogP contribution in [0.1, 0.15) is 51.9 Å². The number of nitrogens with zero attached hydrogens (tertiary/aromatic N) is 1. The van der Waals surface area contributed by atoms with Gasteiger partial charge in [0.2, 0.25) is 5.91 Å². The summed E-state index contributed by atoms with van der Waals surface area (Å²) in [4.78, 5) is 14.6. The van der Waals surface area contributed by atoms with Gasteiger partial charge in [0.05, 0.1) is 18.8 Å². The van der Waals surface area contributed by atoms with Crippen LogP contribution in [0.2, 0.25) is 0 Å². The van der Waals surface area contributed by atoms with E-state index in [1.54, 1.807) is 6.08 Å². The Balaban J connectivity index is 1.59. The number of amides is 1. The van der Waals surface area contributed by atoms with E-state index in [1.165, 1.54) is 19.3 Å². The van der Waals surface area contributed by atoms with E-state index in [-0.39, 0.29) is 16.9 Å². The molecular weight excluding hydrogens is 278 g/mol. The monoisotopic (exact) mass is 307 g/mol. The minimum absolute atomic E-state index is 0.0530. The Hall–Kier alpha value is -0.870. The lowest BCUT2D eigenvalue weighted by molar-refractivity contribution is -0.152. The normalized spacial score (nSPS) is 28.1. The van der Waals surface area contributed by atoms with E-state index in [0.29, 0.717) is 6.61 Å². The average Bonchev–Trinajstić information content (AvgIpc) is 2.54. The van der Waals surface area contributed by atoms with E-state index in [9.17, 15) is 4.79 Å². The fourth-order valence-electron chi connectivity index (χ4n) is 3.91. The second kappa shape index (κ2) is 6.71. The highest BCUT2D eigenvalue weighted by Crippen LogP contribution is 2.35. The van der Waals surface area contributed by atoms with Crippen molar-refractivity contribution in [1.82, 2.24) is 4.90 Å². The first kappa shape index (κ1) is 16.0. The van der Waals surface area contributed by atoms with Crippen LogP contribution in [0.15, 0.2) is 12.2 Å². The molecule has 2 heterocycles. The lowest BCUT2D eigenvalue weighted by atomic mass is 9.82. The molecule has 22 heavy (non-hydrogen) atoms. The van der Waals surface area contributed by atoms with Gasteiger partial charge in [0.1, 0.15) is 0 Å². The van der Waals surface area contributed by atoms with Crippen LogP contribution in [0, 0.1) is 5.41 Å². The van der Waals surface area contributed by atoms with Gasteiger partial charge in [-0.25, -0.2) is 0 Å². The van der Waals surface area contributed by atoms with Crippen molar-refractivity contribution in [2.45, 2.75) is 57.5 Å². The molecule has 1 amide bonds. The Morgan fingerprint density at radius 1 is 1.05 bits per heavy atom. The molecule has 0 N–H and O–H groups in total. The van der Waals surface area contributed by atoms with E-state index in [0.717, 1.165) is 52.0 Å². The van der Waals surface area contributed by atoms with E-state index >= 15 is 0 Å². The lowest BCUT2D eigenvalue weighted by Crippen LogP contribution is -2.54. The Bertz CT molecular complexity index is 415. The highest BCUT2D eigenvalue weighted by molar-refractivity contribution is 5.87. The highest BCUT2D eigenvalue weighted by Gasteiger charge is 2.38. The van der Waals surface area contributed by atoms with Crippen LogP contribution in [0.3, 0.4) is 0 Å². The van der Waals surface area contributed by atoms with Crippen molar-refractivity contribution in [2.24, 2.45) is 5.41 Å². The van der Waals surface area contributed by atoms with Crippen molar-refractivity contribution in [3.8, 4) is 0 Å². The third kappa shape index (κ3) is 3.72. The maximum Gasteiger partial charge on any atom is 0.246 e. The summed E-state index contributed by atoms with van der Waals surface area (Å²) >= 11 is 0. The van der Waals surface area contributed by atoms with Crippen LogP contribution in [0.4, 0.5) is 0 Å². The van der Waals surface area contributed by atoms with E-state index < -0.39 is 0 Å². The first-order valence-electron chi connectivity index (χ1n) is 8.81. The number of hydrogen-bond acceptors (Lipinski definition) is 3. The zero-order valence-electron chi connectivity index (χ0n) is 13.8. The van der Waals surface area contributed by atoms with E-state index in [4.69, 9.17) is 9.47 Å². The van der Waals surface area contributed by atoms with Crippen LogP contribution in [0.5, 0.6) is 0 Å². The SMILES string of the molecule is CC1(/C=C/C(=O)N2CCOC3(CCCCC3)C2)CCOCC1. The predicted octanol–water partition coefficient (Wildman–Crippen LogP) is 2.92. The molecule has 0 unspecified atom stereocenters. The summed E-state index contributed by atoms with van der Waals surface area (Å²) < 4.78 is 11.5. The predicted molar refractivity (Wildman–Crippen MR) is 85.6 cm³/mol. The molecule has 0 aromatic rings. The lowest BCUT2D eigenvalue weighted by Gasteiger charge is -2.44. The second-order valence-electron chi connectivity index (χ2n) is 7.45. The standard InChI is InChI=1S/C18H29NO3/c1-17(9-12-21-13-10-17)8-5-16(20)19-11-14-22-18(15-19)6-3-2-4-7-18/h5,8H,2-4,6-7,9-15H2,1H3/b8-5+. The molecule has 3 rings (SSSR count). The zero-order chi connectivity index (χ0) is 15.5. The first-order valence-corrected chi connectivity index (χ1v) is 8.81. The number of carbonyl (C=O) groups excluding carboxylic acids is 1. The van der Waals surface area contributed by atoms with Crippen molar-refractivity contribution in [3.05, 3.63) is 12.2 Å².